The Morgan fingerprint density at radius 2 is 2.11 bits per heavy atom. The van der Waals surface area contributed by atoms with Gasteiger partial charge in [-0.3, -0.25) is 0 Å². The molecule has 0 saturated heterocycles. The minimum absolute atomic E-state index is 0.244. The number of aromatic nitrogens is 1. The van der Waals surface area contributed by atoms with Crippen molar-refractivity contribution in [1.82, 2.24) is 10.3 Å². The summed E-state index contributed by atoms with van der Waals surface area (Å²) >= 11 is 0. The van der Waals surface area contributed by atoms with E-state index in [-0.39, 0.29) is 6.42 Å². The summed E-state index contributed by atoms with van der Waals surface area (Å²) in [4.78, 5) is 4.18. The van der Waals surface area contributed by atoms with Gasteiger partial charge in [-0.15, -0.1) is 0 Å². The molecule has 19 heavy (non-hydrogen) atoms. The van der Waals surface area contributed by atoms with Crippen LogP contribution < -0.4 is 5.32 Å². The number of benzene rings is 1. The van der Waals surface area contributed by atoms with Crippen LogP contribution in [0.5, 0.6) is 0 Å². The predicted octanol–water partition coefficient (Wildman–Crippen LogP) is 3.00. The lowest BCUT2D eigenvalue weighted by molar-refractivity contribution is -0.137. The maximum absolute atomic E-state index is 12.6. The van der Waals surface area contributed by atoms with Crippen LogP contribution in [0.1, 0.15) is 22.7 Å². The Bertz CT molecular complexity index is 549. The molecule has 2 rings (SSSR count). The van der Waals surface area contributed by atoms with Gasteiger partial charge in [-0.25, -0.2) is 4.98 Å². The van der Waals surface area contributed by atoms with Gasteiger partial charge in [-0.2, -0.15) is 13.2 Å². The van der Waals surface area contributed by atoms with Crippen LogP contribution >= 0.6 is 0 Å². The predicted molar refractivity (Wildman–Crippen MR) is 63.5 cm³/mol. The van der Waals surface area contributed by atoms with Crippen LogP contribution in [0, 0.1) is 0 Å². The number of rotatable bonds is 4. The van der Waals surface area contributed by atoms with Crippen LogP contribution in [0.4, 0.5) is 13.2 Å². The molecule has 0 unspecified atom stereocenters. The van der Waals surface area contributed by atoms with Crippen LogP contribution in [0.15, 0.2) is 34.9 Å². The molecule has 1 aromatic heterocycles. The first-order valence-electron chi connectivity index (χ1n) is 5.73. The second-order valence-corrected chi connectivity index (χ2v) is 4.14. The van der Waals surface area contributed by atoms with E-state index >= 15 is 0 Å². The highest BCUT2D eigenvalue weighted by molar-refractivity contribution is 5.27. The summed E-state index contributed by atoms with van der Waals surface area (Å²) in [6, 6.07) is 5.17. The molecule has 0 aliphatic carbocycles. The van der Waals surface area contributed by atoms with E-state index in [2.05, 4.69) is 10.3 Å². The van der Waals surface area contributed by atoms with Gasteiger partial charge in [0.25, 0.3) is 0 Å². The molecule has 1 aromatic carbocycles. The standard InChI is InChI=1S/C13H13F3N2O/c1-17-7-11-8-19-12(18-11)6-9-3-2-4-10(5-9)13(14,15)16/h2-5,8,17H,6-7H2,1H3. The number of nitrogens with one attached hydrogen (secondary N) is 1. The van der Waals surface area contributed by atoms with Crippen LogP contribution in [0.2, 0.25) is 0 Å². The van der Waals surface area contributed by atoms with Gasteiger partial charge in [0.05, 0.1) is 11.3 Å². The first kappa shape index (κ1) is 13.6. The fourth-order valence-electron chi connectivity index (χ4n) is 1.72. The highest BCUT2D eigenvalue weighted by Crippen LogP contribution is 2.29. The molecule has 1 N–H and O–H groups in total. The molecule has 0 fully saturated rings. The van der Waals surface area contributed by atoms with Gasteiger partial charge >= 0.3 is 6.18 Å². The first-order valence-corrected chi connectivity index (χ1v) is 5.73. The normalized spacial score (nSPS) is 11.8. The van der Waals surface area contributed by atoms with E-state index in [1.165, 1.54) is 12.3 Å². The third-order valence-corrected chi connectivity index (χ3v) is 2.57. The summed E-state index contributed by atoms with van der Waals surface area (Å²) in [6.45, 7) is 0.562. The molecule has 102 valence electrons. The molecule has 0 radical (unpaired) electrons. The highest BCUT2D eigenvalue weighted by atomic mass is 19.4. The van der Waals surface area contributed by atoms with Gasteiger partial charge in [0.15, 0.2) is 5.89 Å². The van der Waals surface area contributed by atoms with E-state index in [1.807, 2.05) is 0 Å². The van der Waals surface area contributed by atoms with Crippen molar-refractivity contribution in [3.8, 4) is 0 Å². The molecule has 0 aliphatic rings. The van der Waals surface area contributed by atoms with E-state index in [0.717, 1.165) is 17.8 Å². The van der Waals surface area contributed by atoms with Crippen molar-refractivity contribution in [2.75, 3.05) is 7.05 Å². The van der Waals surface area contributed by atoms with Gasteiger partial charge in [0, 0.05) is 13.0 Å². The number of hydrogen-bond donors (Lipinski definition) is 1. The zero-order valence-electron chi connectivity index (χ0n) is 10.3. The largest absolute Gasteiger partial charge is 0.448 e. The second kappa shape index (κ2) is 5.44. The Hall–Kier alpha value is -1.82. The Balaban J connectivity index is 2.14. The first-order chi connectivity index (χ1) is 8.99. The molecular weight excluding hydrogens is 257 g/mol. The highest BCUT2D eigenvalue weighted by Gasteiger charge is 2.30. The lowest BCUT2D eigenvalue weighted by Gasteiger charge is -2.07. The third kappa shape index (κ3) is 3.57. The zero-order valence-corrected chi connectivity index (χ0v) is 10.3. The molecule has 3 nitrogen and oxygen atoms in total. The number of halogens is 3. The van der Waals surface area contributed by atoms with Crippen molar-refractivity contribution in [2.24, 2.45) is 0 Å². The summed E-state index contributed by atoms with van der Waals surface area (Å²) in [5.74, 6) is 0.407. The van der Waals surface area contributed by atoms with Crippen molar-refractivity contribution >= 4 is 0 Å². The smallest absolute Gasteiger partial charge is 0.416 e. The number of hydrogen-bond acceptors (Lipinski definition) is 3. The minimum atomic E-state index is -4.33. The summed E-state index contributed by atoms with van der Waals surface area (Å²) in [5, 5.41) is 2.92. The summed E-state index contributed by atoms with van der Waals surface area (Å²) in [6.07, 6.45) is -2.59. The Kier molecular flexibility index (Phi) is 3.90. The maximum Gasteiger partial charge on any atom is 0.416 e. The van der Waals surface area contributed by atoms with Gasteiger partial charge in [-0.1, -0.05) is 18.2 Å². The van der Waals surface area contributed by atoms with Gasteiger partial charge in [0.2, 0.25) is 0 Å². The van der Waals surface area contributed by atoms with E-state index in [4.69, 9.17) is 4.42 Å². The van der Waals surface area contributed by atoms with Crippen LogP contribution in [-0.2, 0) is 19.1 Å². The lowest BCUT2D eigenvalue weighted by atomic mass is 10.1. The number of nitrogens with zero attached hydrogens (tertiary/aromatic N) is 1. The van der Waals surface area contributed by atoms with Crippen molar-refractivity contribution in [1.29, 1.82) is 0 Å². The zero-order chi connectivity index (χ0) is 13.9. The minimum Gasteiger partial charge on any atom is -0.448 e. The lowest BCUT2D eigenvalue weighted by Crippen LogP contribution is -2.06. The Morgan fingerprint density at radius 1 is 1.32 bits per heavy atom. The Morgan fingerprint density at radius 3 is 2.79 bits per heavy atom. The number of oxazole rings is 1. The van der Waals surface area contributed by atoms with Gasteiger partial charge in [0.1, 0.15) is 6.26 Å². The van der Waals surface area contributed by atoms with Crippen molar-refractivity contribution < 1.29 is 17.6 Å². The van der Waals surface area contributed by atoms with Crippen LogP contribution in [0.25, 0.3) is 0 Å². The average molecular weight is 270 g/mol. The fraction of sp³-hybridized carbons (Fsp3) is 0.308. The molecule has 0 spiro atoms. The van der Waals surface area contributed by atoms with Crippen LogP contribution in [0.3, 0.4) is 0 Å². The quantitative estimate of drug-likeness (QED) is 0.928. The molecule has 0 amide bonds. The van der Waals surface area contributed by atoms with Gasteiger partial charge < -0.3 is 9.73 Å². The maximum atomic E-state index is 12.6. The third-order valence-electron chi connectivity index (χ3n) is 2.57. The second-order valence-electron chi connectivity index (χ2n) is 4.14. The van der Waals surface area contributed by atoms with Crippen molar-refractivity contribution in [3.05, 3.63) is 53.2 Å². The molecule has 0 aliphatic heterocycles. The van der Waals surface area contributed by atoms with Crippen LogP contribution in [-0.4, -0.2) is 12.0 Å². The van der Waals surface area contributed by atoms with E-state index in [9.17, 15) is 13.2 Å². The topological polar surface area (TPSA) is 38.1 Å². The molecule has 0 bridgehead atoms. The molecule has 1 heterocycles. The molecule has 2 aromatic rings. The van der Waals surface area contributed by atoms with Crippen molar-refractivity contribution in [3.63, 3.8) is 0 Å². The fourth-order valence-corrected chi connectivity index (χ4v) is 1.72. The molecule has 6 heteroatoms. The Labute approximate surface area is 108 Å². The van der Waals surface area contributed by atoms with E-state index in [0.29, 0.717) is 18.0 Å². The monoisotopic (exact) mass is 270 g/mol. The molecule has 0 saturated carbocycles. The summed E-state index contributed by atoms with van der Waals surface area (Å²) < 4.78 is 42.9. The summed E-state index contributed by atoms with van der Waals surface area (Å²) in [7, 11) is 1.78. The summed E-state index contributed by atoms with van der Waals surface area (Å²) in [5.41, 5.74) is 0.587. The molecular formula is C13H13F3N2O. The van der Waals surface area contributed by atoms with Gasteiger partial charge in [-0.05, 0) is 18.7 Å². The SMILES string of the molecule is CNCc1coc(Cc2cccc(C(F)(F)F)c2)n1. The average Bonchev–Trinajstić information content (AvgIpc) is 2.76. The molecule has 0 atom stereocenters. The number of alkyl halides is 3. The van der Waals surface area contributed by atoms with Crippen molar-refractivity contribution in [2.45, 2.75) is 19.1 Å². The van der Waals surface area contributed by atoms with E-state index < -0.39 is 11.7 Å². The van der Waals surface area contributed by atoms with E-state index in [1.54, 1.807) is 13.1 Å².